The van der Waals surface area contributed by atoms with Crippen LogP contribution in [-0.4, -0.2) is 35.5 Å². The van der Waals surface area contributed by atoms with Gasteiger partial charge in [0.1, 0.15) is 0 Å². The Hall–Kier alpha value is -1.11. The minimum Gasteiger partial charge on any atom is -0.394 e. The Bertz CT molecular complexity index is 276. The van der Waals surface area contributed by atoms with E-state index in [1.807, 2.05) is 5.38 Å². The Morgan fingerprint density at radius 3 is 3.00 bits per heavy atom. The summed E-state index contributed by atoms with van der Waals surface area (Å²) in [6, 6.07) is 1.38. The van der Waals surface area contributed by atoms with Gasteiger partial charge in [0, 0.05) is 11.9 Å². The average molecular weight is 216 g/mol. The molecular weight excluding hydrogens is 204 g/mol. The number of nitrogens with one attached hydrogen (secondary N) is 2. The largest absolute Gasteiger partial charge is 0.394 e. The van der Waals surface area contributed by atoms with E-state index in [0.717, 1.165) is 0 Å². The van der Waals surface area contributed by atoms with Gasteiger partial charge in [0.05, 0.1) is 18.4 Å². The van der Waals surface area contributed by atoms with Crippen LogP contribution in [0.25, 0.3) is 0 Å². The van der Waals surface area contributed by atoms with Crippen LogP contribution >= 0.6 is 11.3 Å². The van der Waals surface area contributed by atoms with Gasteiger partial charge >= 0.3 is 6.03 Å². The SMILES string of the molecule is O=C(NCC(O)CO)Nc1ccsc1. The highest BCUT2D eigenvalue weighted by Crippen LogP contribution is 2.10. The second-order valence-corrected chi connectivity index (χ2v) is 3.46. The van der Waals surface area contributed by atoms with E-state index < -0.39 is 12.1 Å². The minimum atomic E-state index is -0.914. The summed E-state index contributed by atoms with van der Waals surface area (Å²) in [6.45, 7) is -0.328. The van der Waals surface area contributed by atoms with Gasteiger partial charge in [-0.25, -0.2) is 4.79 Å². The third kappa shape index (κ3) is 3.73. The van der Waals surface area contributed by atoms with Crippen LogP contribution in [0.15, 0.2) is 16.8 Å². The number of amides is 2. The number of hydrogen-bond acceptors (Lipinski definition) is 4. The first-order valence-electron chi connectivity index (χ1n) is 4.08. The molecule has 1 aromatic heterocycles. The summed E-state index contributed by atoms with van der Waals surface area (Å²) in [4.78, 5) is 11.1. The summed E-state index contributed by atoms with van der Waals surface area (Å²) >= 11 is 1.48. The van der Waals surface area contributed by atoms with Crippen LogP contribution in [-0.2, 0) is 0 Å². The number of carbonyl (C=O) groups excluding carboxylic acids is 1. The standard InChI is InChI=1S/C8H12N2O3S/c11-4-7(12)3-9-8(13)10-6-1-2-14-5-6/h1-2,5,7,11-12H,3-4H2,(H2,9,10,13). The summed E-state index contributed by atoms with van der Waals surface area (Å²) in [5, 5.41) is 26.1. The Kier molecular flexibility index (Phi) is 4.37. The second kappa shape index (κ2) is 5.58. The summed E-state index contributed by atoms with van der Waals surface area (Å²) < 4.78 is 0. The molecule has 0 saturated carbocycles. The molecule has 1 aromatic rings. The molecule has 14 heavy (non-hydrogen) atoms. The fourth-order valence-corrected chi connectivity index (χ4v) is 1.37. The van der Waals surface area contributed by atoms with Gasteiger partial charge in [0.15, 0.2) is 0 Å². The first kappa shape index (κ1) is 11.0. The van der Waals surface area contributed by atoms with Gasteiger partial charge in [-0.15, -0.1) is 0 Å². The molecule has 0 saturated heterocycles. The molecule has 0 spiro atoms. The second-order valence-electron chi connectivity index (χ2n) is 2.68. The highest BCUT2D eigenvalue weighted by Gasteiger charge is 2.05. The van der Waals surface area contributed by atoms with Crippen LogP contribution in [0.5, 0.6) is 0 Å². The van der Waals surface area contributed by atoms with Crippen LogP contribution < -0.4 is 10.6 Å². The lowest BCUT2D eigenvalue weighted by Crippen LogP contribution is -2.36. The van der Waals surface area contributed by atoms with Gasteiger partial charge in [-0.05, 0) is 11.4 Å². The molecule has 1 heterocycles. The van der Waals surface area contributed by atoms with Gasteiger partial charge in [0.25, 0.3) is 0 Å². The lowest BCUT2D eigenvalue weighted by molar-refractivity contribution is 0.0965. The maximum Gasteiger partial charge on any atom is 0.319 e. The number of anilines is 1. The van der Waals surface area contributed by atoms with Crippen LogP contribution in [0.1, 0.15) is 0 Å². The molecule has 0 aliphatic heterocycles. The monoisotopic (exact) mass is 216 g/mol. The van der Waals surface area contributed by atoms with Crippen molar-refractivity contribution in [2.24, 2.45) is 0 Å². The van der Waals surface area contributed by atoms with E-state index in [1.165, 1.54) is 11.3 Å². The number of thiophene rings is 1. The van der Waals surface area contributed by atoms with Gasteiger partial charge in [0.2, 0.25) is 0 Å². The topological polar surface area (TPSA) is 81.6 Å². The fourth-order valence-electron chi connectivity index (χ4n) is 0.786. The highest BCUT2D eigenvalue weighted by atomic mass is 32.1. The van der Waals surface area contributed by atoms with E-state index in [1.54, 1.807) is 11.4 Å². The molecule has 2 amide bonds. The molecular formula is C8H12N2O3S. The molecule has 1 atom stereocenters. The summed E-state index contributed by atoms with van der Waals surface area (Å²) in [6.07, 6.45) is -0.914. The Morgan fingerprint density at radius 1 is 1.64 bits per heavy atom. The maximum absolute atomic E-state index is 11.1. The quantitative estimate of drug-likeness (QED) is 0.581. The van der Waals surface area contributed by atoms with Crippen molar-refractivity contribution < 1.29 is 15.0 Å². The van der Waals surface area contributed by atoms with E-state index in [-0.39, 0.29) is 13.2 Å². The van der Waals surface area contributed by atoms with Crippen molar-refractivity contribution in [3.05, 3.63) is 16.8 Å². The van der Waals surface area contributed by atoms with E-state index in [4.69, 9.17) is 10.2 Å². The van der Waals surface area contributed by atoms with Crippen LogP contribution in [0, 0.1) is 0 Å². The number of aliphatic hydroxyl groups is 2. The molecule has 0 aliphatic carbocycles. The number of carbonyl (C=O) groups is 1. The lowest BCUT2D eigenvalue weighted by atomic mass is 10.4. The van der Waals surface area contributed by atoms with Crippen molar-refractivity contribution in [2.75, 3.05) is 18.5 Å². The number of aliphatic hydroxyl groups excluding tert-OH is 2. The number of hydrogen-bond donors (Lipinski definition) is 4. The molecule has 4 N–H and O–H groups in total. The minimum absolute atomic E-state index is 0.0342. The smallest absolute Gasteiger partial charge is 0.319 e. The van der Waals surface area contributed by atoms with Crippen molar-refractivity contribution >= 4 is 23.1 Å². The fraction of sp³-hybridized carbons (Fsp3) is 0.375. The predicted molar refractivity (Wildman–Crippen MR) is 54.4 cm³/mol. The molecule has 0 aromatic carbocycles. The molecule has 1 unspecified atom stereocenters. The number of rotatable bonds is 4. The van der Waals surface area contributed by atoms with Gasteiger partial charge < -0.3 is 20.8 Å². The number of urea groups is 1. The summed E-state index contributed by atoms with van der Waals surface area (Å²) in [7, 11) is 0. The Labute approximate surface area is 85.4 Å². The van der Waals surface area contributed by atoms with Crippen LogP contribution in [0.3, 0.4) is 0 Å². The molecule has 5 nitrogen and oxygen atoms in total. The third-order valence-electron chi connectivity index (χ3n) is 1.49. The average Bonchev–Trinajstić information content (AvgIpc) is 2.66. The Morgan fingerprint density at radius 2 is 2.43 bits per heavy atom. The van der Waals surface area contributed by atoms with Gasteiger partial charge in [-0.2, -0.15) is 11.3 Å². The molecule has 0 aliphatic rings. The zero-order valence-corrected chi connectivity index (χ0v) is 8.25. The Balaban J connectivity index is 2.23. The van der Waals surface area contributed by atoms with E-state index in [0.29, 0.717) is 5.69 Å². The molecule has 1 rings (SSSR count). The molecule has 0 radical (unpaired) electrons. The van der Waals surface area contributed by atoms with Gasteiger partial charge in [-0.3, -0.25) is 0 Å². The summed E-state index contributed by atoms with van der Waals surface area (Å²) in [5.74, 6) is 0. The third-order valence-corrected chi connectivity index (χ3v) is 2.17. The molecule has 0 bridgehead atoms. The van der Waals surface area contributed by atoms with Crippen LogP contribution in [0.4, 0.5) is 10.5 Å². The van der Waals surface area contributed by atoms with Crippen molar-refractivity contribution in [3.8, 4) is 0 Å². The predicted octanol–water partition coefficient (Wildman–Crippen LogP) is 0.223. The van der Waals surface area contributed by atoms with Crippen molar-refractivity contribution in [1.82, 2.24) is 5.32 Å². The lowest BCUT2D eigenvalue weighted by Gasteiger charge is -2.09. The van der Waals surface area contributed by atoms with Gasteiger partial charge in [-0.1, -0.05) is 0 Å². The first-order chi connectivity index (χ1) is 6.72. The highest BCUT2D eigenvalue weighted by molar-refractivity contribution is 7.08. The normalized spacial score (nSPS) is 12.1. The maximum atomic E-state index is 11.1. The van der Waals surface area contributed by atoms with Crippen molar-refractivity contribution in [2.45, 2.75) is 6.10 Å². The van der Waals surface area contributed by atoms with Crippen LogP contribution in [0.2, 0.25) is 0 Å². The first-order valence-corrected chi connectivity index (χ1v) is 5.02. The summed E-state index contributed by atoms with van der Waals surface area (Å²) in [5.41, 5.74) is 0.714. The van der Waals surface area contributed by atoms with E-state index >= 15 is 0 Å². The zero-order valence-electron chi connectivity index (χ0n) is 7.43. The van der Waals surface area contributed by atoms with Crippen molar-refractivity contribution in [3.63, 3.8) is 0 Å². The van der Waals surface area contributed by atoms with E-state index in [2.05, 4.69) is 10.6 Å². The molecule has 6 heteroatoms. The van der Waals surface area contributed by atoms with Crippen molar-refractivity contribution in [1.29, 1.82) is 0 Å². The molecule has 78 valence electrons. The van der Waals surface area contributed by atoms with E-state index in [9.17, 15) is 4.79 Å². The zero-order chi connectivity index (χ0) is 10.4. The molecule has 0 fully saturated rings.